The van der Waals surface area contributed by atoms with Crippen molar-refractivity contribution in [2.24, 2.45) is 0 Å². The molecule has 1 unspecified atom stereocenters. The highest BCUT2D eigenvalue weighted by atomic mass is 16.6. The molecule has 0 bridgehead atoms. The van der Waals surface area contributed by atoms with Gasteiger partial charge in [0.25, 0.3) is 0 Å². The molecule has 0 radical (unpaired) electrons. The third-order valence-corrected chi connectivity index (χ3v) is 4.59. The number of methoxy groups -OCH3 is 1. The molecule has 1 atom stereocenters. The zero-order chi connectivity index (χ0) is 17.6. The first kappa shape index (κ1) is 17.3. The summed E-state index contributed by atoms with van der Waals surface area (Å²) in [6.07, 6.45) is -0.259. The van der Waals surface area contributed by atoms with Crippen LogP contribution in [0.25, 0.3) is 0 Å². The van der Waals surface area contributed by atoms with Gasteiger partial charge in [-0.05, 0) is 30.3 Å². The zero-order valence-electron chi connectivity index (χ0n) is 14.7. The van der Waals surface area contributed by atoms with Crippen LogP contribution in [0.5, 0.6) is 5.75 Å². The minimum absolute atomic E-state index is 0.133. The average Bonchev–Trinajstić information content (AvgIpc) is 2.67. The van der Waals surface area contributed by atoms with E-state index in [1.54, 1.807) is 12.0 Å². The maximum atomic E-state index is 12.4. The Kier molecular flexibility index (Phi) is 5.56. The van der Waals surface area contributed by atoms with Crippen LogP contribution in [0, 0.1) is 0 Å². The van der Waals surface area contributed by atoms with Crippen LogP contribution in [-0.4, -0.2) is 49.7 Å². The molecule has 0 spiro atoms. The lowest BCUT2D eigenvalue weighted by Crippen LogP contribution is -2.49. The second kappa shape index (κ2) is 8.03. The molecule has 5 nitrogen and oxygen atoms in total. The van der Waals surface area contributed by atoms with Crippen LogP contribution in [0.4, 0.5) is 4.79 Å². The summed E-state index contributed by atoms with van der Waals surface area (Å²) in [5.41, 5.74) is 2.14. The van der Waals surface area contributed by atoms with Gasteiger partial charge in [0.15, 0.2) is 0 Å². The maximum absolute atomic E-state index is 12.4. The van der Waals surface area contributed by atoms with Crippen molar-refractivity contribution in [3.63, 3.8) is 0 Å². The van der Waals surface area contributed by atoms with Crippen molar-refractivity contribution in [3.8, 4) is 5.75 Å². The Morgan fingerprint density at radius 3 is 2.68 bits per heavy atom. The lowest BCUT2D eigenvalue weighted by atomic mass is 10.0. The number of likely N-dealkylation sites (N-methyl/N-ethyl adjacent to an activating group) is 1. The lowest BCUT2D eigenvalue weighted by molar-refractivity contribution is 0.0564. The summed E-state index contributed by atoms with van der Waals surface area (Å²) in [5, 5.41) is 0. The van der Waals surface area contributed by atoms with E-state index >= 15 is 0 Å². The Morgan fingerprint density at radius 2 is 1.92 bits per heavy atom. The van der Waals surface area contributed by atoms with Crippen molar-refractivity contribution in [3.05, 3.63) is 65.7 Å². The summed E-state index contributed by atoms with van der Waals surface area (Å²) in [6, 6.07) is 17.9. The molecule has 5 heteroatoms. The molecular weight excluding hydrogens is 316 g/mol. The number of rotatable bonds is 4. The molecule has 2 aromatic rings. The largest absolute Gasteiger partial charge is 0.497 e. The van der Waals surface area contributed by atoms with Crippen molar-refractivity contribution in [1.29, 1.82) is 0 Å². The predicted octanol–water partition coefficient (Wildman–Crippen LogP) is 3.32. The van der Waals surface area contributed by atoms with E-state index < -0.39 is 0 Å². The fourth-order valence-corrected chi connectivity index (χ4v) is 3.06. The number of benzene rings is 2. The zero-order valence-corrected chi connectivity index (χ0v) is 14.7. The fourth-order valence-electron chi connectivity index (χ4n) is 3.06. The number of hydrogen-bond acceptors (Lipinski definition) is 4. The van der Waals surface area contributed by atoms with E-state index in [1.807, 2.05) is 48.5 Å². The van der Waals surface area contributed by atoms with Crippen molar-refractivity contribution in [2.45, 2.75) is 12.6 Å². The molecule has 25 heavy (non-hydrogen) atoms. The summed E-state index contributed by atoms with van der Waals surface area (Å²) in [6.45, 7) is 2.39. The number of hydrogen-bond donors (Lipinski definition) is 0. The summed E-state index contributed by atoms with van der Waals surface area (Å²) >= 11 is 0. The number of amides is 1. The summed E-state index contributed by atoms with van der Waals surface area (Å²) in [5.74, 6) is 0.828. The molecule has 132 valence electrons. The first-order valence-electron chi connectivity index (χ1n) is 8.47. The Bertz CT molecular complexity index is 705. The van der Waals surface area contributed by atoms with Crippen molar-refractivity contribution < 1.29 is 14.3 Å². The molecule has 1 amide bonds. The SMILES string of the molecule is COc1cccc(C2CN(C(=O)OCc3ccccc3)CCN2C)c1. The van der Waals surface area contributed by atoms with Crippen molar-refractivity contribution >= 4 is 6.09 Å². The summed E-state index contributed by atoms with van der Waals surface area (Å²) in [4.78, 5) is 16.5. The lowest BCUT2D eigenvalue weighted by Gasteiger charge is -2.39. The van der Waals surface area contributed by atoms with Gasteiger partial charge >= 0.3 is 6.09 Å². The number of ether oxygens (including phenoxy) is 2. The predicted molar refractivity (Wildman–Crippen MR) is 96.6 cm³/mol. The average molecular weight is 340 g/mol. The molecule has 1 aliphatic rings. The number of nitrogens with zero attached hydrogens (tertiary/aromatic N) is 2. The molecular formula is C20H24N2O3. The molecule has 0 saturated carbocycles. The van der Waals surface area contributed by atoms with Crippen LogP contribution in [0.2, 0.25) is 0 Å². The molecule has 0 N–H and O–H groups in total. The highest BCUT2D eigenvalue weighted by molar-refractivity contribution is 5.68. The minimum atomic E-state index is -0.259. The van der Waals surface area contributed by atoms with Crippen LogP contribution >= 0.6 is 0 Å². The van der Waals surface area contributed by atoms with Crippen LogP contribution in [0.3, 0.4) is 0 Å². The number of carbonyl (C=O) groups excluding carboxylic acids is 1. The van der Waals surface area contributed by atoms with E-state index in [4.69, 9.17) is 9.47 Å². The van der Waals surface area contributed by atoms with Gasteiger partial charge in [-0.3, -0.25) is 4.90 Å². The monoisotopic (exact) mass is 340 g/mol. The van der Waals surface area contributed by atoms with E-state index in [9.17, 15) is 4.79 Å². The normalized spacial score (nSPS) is 18.0. The minimum Gasteiger partial charge on any atom is -0.497 e. The molecule has 0 aliphatic carbocycles. The van der Waals surface area contributed by atoms with Gasteiger partial charge in [0.2, 0.25) is 0 Å². The second-order valence-corrected chi connectivity index (χ2v) is 6.26. The molecule has 1 fully saturated rings. The van der Waals surface area contributed by atoms with Gasteiger partial charge in [-0.1, -0.05) is 42.5 Å². The molecule has 1 aliphatic heterocycles. The first-order valence-corrected chi connectivity index (χ1v) is 8.47. The first-order chi connectivity index (χ1) is 12.2. The standard InChI is InChI=1S/C20H24N2O3/c1-21-11-12-22(20(23)25-15-16-7-4-3-5-8-16)14-19(21)17-9-6-10-18(13-17)24-2/h3-10,13,19H,11-12,14-15H2,1-2H3. The third kappa shape index (κ3) is 4.31. The molecule has 1 heterocycles. The van der Waals surface area contributed by atoms with Gasteiger partial charge in [0.05, 0.1) is 13.2 Å². The van der Waals surface area contributed by atoms with E-state index in [0.29, 0.717) is 19.7 Å². The van der Waals surface area contributed by atoms with E-state index in [0.717, 1.165) is 23.4 Å². The van der Waals surface area contributed by atoms with Crippen LogP contribution in [-0.2, 0) is 11.3 Å². The highest BCUT2D eigenvalue weighted by Gasteiger charge is 2.29. The Morgan fingerprint density at radius 1 is 1.12 bits per heavy atom. The molecule has 2 aromatic carbocycles. The Hall–Kier alpha value is -2.53. The van der Waals surface area contributed by atoms with Crippen LogP contribution < -0.4 is 4.74 Å². The Balaban J connectivity index is 1.64. The molecule has 0 aromatic heterocycles. The van der Waals surface area contributed by atoms with Crippen molar-refractivity contribution in [1.82, 2.24) is 9.80 Å². The van der Waals surface area contributed by atoms with E-state index in [1.165, 1.54) is 0 Å². The smallest absolute Gasteiger partial charge is 0.410 e. The van der Waals surface area contributed by atoms with Gasteiger partial charge in [0.1, 0.15) is 12.4 Å². The number of piperazine rings is 1. The van der Waals surface area contributed by atoms with Crippen LogP contribution in [0.1, 0.15) is 17.2 Å². The van der Waals surface area contributed by atoms with Gasteiger partial charge in [-0.15, -0.1) is 0 Å². The quantitative estimate of drug-likeness (QED) is 0.856. The number of carbonyl (C=O) groups is 1. The van der Waals surface area contributed by atoms with E-state index in [-0.39, 0.29) is 12.1 Å². The van der Waals surface area contributed by atoms with Crippen LogP contribution in [0.15, 0.2) is 54.6 Å². The molecule has 1 saturated heterocycles. The summed E-state index contributed by atoms with van der Waals surface area (Å²) < 4.78 is 10.8. The van der Waals surface area contributed by atoms with Crippen molar-refractivity contribution in [2.75, 3.05) is 33.8 Å². The fraction of sp³-hybridized carbons (Fsp3) is 0.350. The summed E-state index contributed by atoms with van der Waals surface area (Å²) in [7, 11) is 3.74. The van der Waals surface area contributed by atoms with E-state index in [2.05, 4.69) is 18.0 Å². The van der Waals surface area contributed by atoms with Gasteiger partial charge in [-0.25, -0.2) is 4.79 Å². The molecule has 3 rings (SSSR count). The third-order valence-electron chi connectivity index (χ3n) is 4.59. The highest BCUT2D eigenvalue weighted by Crippen LogP contribution is 2.27. The van der Waals surface area contributed by atoms with Gasteiger partial charge < -0.3 is 14.4 Å². The second-order valence-electron chi connectivity index (χ2n) is 6.26. The van der Waals surface area contributed by atoms with Gasteiger partial charge in [-0.2, -0.15) is 0 Å². The Labute approximate surface area is 148 Å². The van der Waals surface area contributed by atoms with Gasteiger partial charge in [0, 0.05) is 19.6 Å². The maximum Gasteiger partial charge on any atom is 0.410 e. The topological polar surface area (TPSA) is 42.0 Å².